The Labute approximate surface area is 172 Å². The van der Waals surface area contributed by atoms with Crippen LogP contribution in [0.15, 0.2) is 36.4 Å². The normalized spacial score (nSPS) is 18.2. The number of hydrogen-bond acceptors (Lipinski definition) is 4. The van der Waals surface area contributed by atoms with E-state index in [1.54, 1.807) is 16.4 Å². The molecule has 1 N–H and O–H groups in total. The summed E-state index contributed by atoms with van der Waals surface area (Å²) in [5, 5.41) is 3.22. The molecule has 1 aromatic carbocycles. The second kappa shape index (κ2) is 9.19. The van der Waals surface area contributed by atoms with Gasteiger partial charge in [-0.05, 0) is 50.1 Å². The average molecular weight is 421 g/mol. The van der Waals surface area contributed by atoms with Crippen LogP contribution in [-0.2, 0) is 10.2 Å². The molecule has 3 rings (SSSR count). The Bertz CT molecular complexity index is 947. The lowest BCUT2D eigenvalue weighted by molar-refractivity contribution is 0.285. The minimum atomic E-state index is -3.46. The summed E-state index contributed by atoms with van der Waals surface area (Å²) in [6.07, 6.45) is 1.69. The quantitative estimate of drug-likeness (QED) is 0.734. The highest BCUT2D eigenvalue weighted by Crippen LogP contribution is 2.30. The van der Waals surface area contributed by atoms with Crippen molar-refractivity contribution in [2.75, 3.05) is 31.5 Å². The lowest BCUT2D eigenvalue weighted by Gasteiger charge is -2.35. The third kappa shape index (κ3) is 5.12. The van der Waals surface area contributed by atoms with Gasteiger partial charge < -0.3 is 5.32 Å². The number of aryl methyl sites for hydroxylation is 1. The van der Waals surface area contributed by atoms with Crippen LogP contribution in [0, 0.1) is 12.7 Å². The monoisotopic (exact) mass is 420 g/mol. The first-order valence-corrected chi connectivity index (χ1v) is 11.5. The minimum absolute atomic E-state index is 0.0297. The summed E-state index contributed by atoms with van der Waals surface area (Å²) in [5.74, 6) is -0.271. The molecule has 8 heteroatoms. The number of pyridine rings is 1. The van der Waals surface area contributed by atoms with E-state index in [2.05, 4.69) is 10.3 Å². The third-order valence-corrected chi connectivity index (χ3v) is 7.40. The number of hydrogen-bond donors (Lipinski definition) is 1. The molecule has 0 aliphatic carbocycles. The molecule has 1 aromatic heterocycles. The van der Waals surface area contributed by atoms with Gasteiger partial charge in [0.25, 0.3) is 10.2 Å². The van der Waals surface area contributed by atoms with E-state index in [4.69, 9.17) is 0 Å². The smallest absolute Gasteiger partial charge is 0.281 e. The van der Waals surface area contributed by atoms with Crippen molar-refractivity contribution in [1.29, 1.82) is 0 Å². The summed E-state index contributed by atoms with van der Waals surface area (Å²) in [6, 6.07) is 10.1. The van der Waals surface area contributed by atoms with Gasteiger partial charge in [-0.2, -0.15) is 17.0 Å². The van der Waals surface area contributed by atoms with Gasteiger partial charge in [-0.25, -0.2) is 4.39 Å². The molecular weight excluding hydrogens is 391 g/mol. The summed E-state index contributed by atoms with van der Waals surface area (Å²) in [5.41, 5.74) is 3.19. The van der Waals surface area contributed by atoms with Crippen molar-refractivity contribution >= 4 is 21.6 Å². The standard InChI is InChI=1S/C21H29FN4O2S/c1-4-25(5-2)29(27,28)26-11-7-8-17(15-26)21-14-20(12-16(3)23-21)24-19-10-6-9-18(22)13-19/h6,9-10,12-14,17H,4-5,7-8,11,15H2,1-3H3,(H,23,24)/t17-/m1/s1. The molecule has 0 bridgehead atoms. The predicted molar refractivity (Wildman–Crippen MR) is 114 cm³/mol. The maximum absolute atomic E-state index is 13.5. The van der Waals surface area contributed by atoms with Gasteiger partial charge in [-0.1, -0.05) is 19.9 Å². The van der Waals surface area contributed by atoms with E-state index in [1.165, 1.54) is 16.4 Å². The summed E-state index contributed by atoms with van der Waals surface area (Å²) < 4.78 is 42.4. The third-order valence-electron chi connectivity index (χ3n) is 5.25. The van der Waals surface area contributed by atoms with E-state index >= 15 is 0 Å². The minimum Gasteiger partial charge on any atom is -0.355 e. The number of aromatic nitrogens is 1. The molecule has 0 saturated carbocycles. The van der Waals surface area contributed by atoms with Gasteiger partial charge in [-0.3, -0.25) is 4.98 Å². The molecule has 29 heavy (non-hydrogen) atoms. The Kier molecular flexibility index (Phi) is 6.87. The number of rotatable bonds is 7. The summed E-state index contributed by atoms with van der Waals surface area (Å²) in [7, 11) is -3.46. The molecule has 1 saturated heterocycles. The number of halogens is 1. The van der Waals surface area contributed by atoms with Crippen LogP contribution >= 0.6 is 0 Å². The van der Waals surface area contributed by atoms with Crippen LogP contribution < -0.4 is 5.32 Å². The first-order valence-electron chi connectivity index (χ1n) is 10.1. The van der Waals surface area contributed by atoms with E-state index in [1.807, 2.05) is 32.9 Å². The van der Waals surface area contributed by atoms with Gasteiger partial charge in [0.1, 0.15) is 5.82 Å². The van der Waals surface area contributed by atoms with Crippen molar-refractivity contribution < 1.29 is 12.8 Å². The van der Waals surface area contributed by atoms with E-state index in [-0.39, 0.29) is 11.7 Å². The summed E-state index contributed by atoms with van der Waals surface area (Å²) in [4.78, 5) is 4.67. The summed E-state index contributed by atoms with van der Waals surface area (Å²) in [6.45, 7) is 7.51. The highest BCUT2D eigenvalue weighted by molar-refractivity contribution is 7.86. The lowest BCUT2D eigenvalue weighted by atomic mass is 9.95. The highest BCUT2D eigenvalue weighted by atomic mass is 32.2. The van der Waals surface area contributed by atoms with Crippen molar-refractivity contribution in [3.63, 3.8) is 0 Å². The first kappa shape index (κ1) is 21.7. The predicted octanol–water partition coefficient (Wildman–Crippen LogP) is 4.04. The van der Waals surface area contributed by atoms with Crippen LogP contribution in [0.3, 0.4) is 0 Å². The van der Waals surface area contributed by atoms with E-state index in [9.17, 15) is 12.8 Å². The van der Waals surface area contributed by atoms with Crippen LogP contribution in [0.1, 0.15) is 44.0 Å². The molecule has 0 unspecified atom stereocenters. The molecule has 2 aromatic rings. The molecule has 0 spiro atoms. The fourth-order valence-corrected chi connectivity index (χ4v) is 5.52. The Hall–Kier alpha value is -2.03. The highest BCUT2D eigenvalue weighted by Gasteiger charge is 2.33. The average Bonchev–Trinajstić information content (AvgIpc) is 2.68. The number of nitrogens with one attached hydrogen (secondary N) is 1. The van der Waals surface area contributed by atoms with Crippen molar-refractivity contribution in [2.45, 2.75) is 39.5 Å². The maximum Gasteiger partial charge on any atom is 0.281 e. The van der Waals surface area contributed by atoms with Gasteiger partial charge in [0, 0.05) is 54.9 Å². The van der Waals surface area contributed by atoms with Gasteiger partial charge in [0.05, 0.1) is 0 Å². The fourth-order valence-electron chi connectivity index (χ4n) is 3.82. The number of piperidine rings is 1. The van der Waals surface area contributed by atoms with E-state index in [0.29, 0.717) is 31.9 Å². The summed E-state index contributed by atoms with van der Waals surface area (Å²) >= 11 is 0. The lowest BCUT2D eigenvalue weighted by Crippen LogP contribution is -2.47. The Morgan fingerprint density at radius 3 is 2.66 bits per heavy atom. The fraction of sp³-hybridized carbons (Fsp3) is 0.476. The first-order chi connectivity index (χ1) is 13.8. The largest absolute Gasteiger partial charge is 0.355 e. The van der Waals surface area contributed by atoms with Crippen LogP contribution in [0.4, 0.5) is 15.8 Å². The molecule has 2 heterocycles. The topological polar surface area (TPSA) is 65.5 Å². The zero-order chi connectivity index (χ0) is 21.0. The molecule has 158 valence electrons. The van der Waals surface area contributed by atoms with Crippen LogP contribution in [0.25, 0.3) is 0 Å². The van der Waals surface area contributed by atoms with Gasteiger partial charge >= 0.3 is 0 Å². The zero-order valence-corrected chi connectivity index (χ0v) is 18.0. The van der Waals surface area contributed by atoms with Crippen LogP contribution in [-0.4, -0.2) is 48.2 Å². The molecule has 1 atom stereocenters. The SMILES string of the molecule is CCN(CC)S(=O)(=O)N1CCC[C@@H](c2cc(Nc3cccc(F)c3)cc(C)n2)C1. The van der Waals surface area contributed by atoms with E-state index < -0.39 is 10.2 Å². The number of anilines is 2. The van der Waals surface area contributed by atoms with Gasteiger partial charge in [-0.15, -0.1) is 0 Å². The maximum atomic E-state index is 13.5. The number of nitrogens with zero attached hydrogens (tertiary/aromatic N) is 3. The molecule has 0 radical (unpaired) electrons. The Balaban J connectivity index is 1.82. The van der Waals surface area contributed by atoms with Crippen molar-refractivity contribution in [2.24, 2.45) is 0 Å². The van der Waals surface area contributed by atoms with Crippen LogP contribution in [0.2, 0.25) is 0 Å². The van der Waals surface area contributed by atoms with Crippen molar-refractivity contribution in [1.82, 2.24) is 13.6 Å². The zero-order valence-electron chi connectivity index (χ0n) is 17.2. The molecule has 1 fully saturated rings. The second-order valence-electron chi connectivity index (χ2n) is 7.35. The molecule has 0 amide bonds. The van der Waals surface area contributed by atoms with Gasteiger partial charge in [0.2, 0.25) is 0 Å². The Morgan fingerprint density at radius 2 is 1.97 bits per heavy atom. The van der Waals surface area contributed by atoms with Crippen LogP contribution in [0.5, 0.6) is 0 Å². The van der Waals surface area contributed by atoms with Crippen molar-refractivity contribution in [3.8, 4) is 0 Å². The molecule has 1 aliphatic heterocycles. The van der Waals surface area contributed by atoms with Crippen molar-refractivity contribution in [3.05, 3.63) is 53.6 Å². The van der Waals surface area contributed by atoms with Gasteiger partial charge in [0.15, 0.2) is 0 Å². The second-order valence-corrected chi connectivity index (χ2v) is 9.28. The number of benzene rings is 1. The molecular formula is C21H29FN4O2S. The van der Waals surface area contributed by atoms with E-state index in [0.717, 1.165) is 29.9 Å². The molecule has 6 nitrogen and oxygen atoms in total. The Morgan fingerprint density at radius 1 is 1.21 bits per heavy atom. The molecule has 1 aliphatic rings.